The molecule has 2 aromatic rings. The third kappa shape index (κ3) is 6.15. The van der Waals surface area contributed by atoms with Gasteiger partial charge >= 0.3 is 0 Å². The Morgan fingerprint density at radius 2 is 1.94 bits per heavy atom. The summed E-state index contributed by atoms with van der Waals surface area (Å²) in [6, 6.07) is 9.46. The molecule has 0 aromatic heterocycles. The summed E-state index contributed by atoms with van der Waals surface area (Å²) in [5.41, 5.74) is 1.45. The summed E-state index contributed by atoms with van der Waals surface area (Å²) in [5.74, 6) is -0.290. The molecule has 0 radical (unpaired) electrons. The zero-order valence-electron chi connectivity index (χ0n) is 18.5. The Morgan fingerprint density at radius 1 is 1.16 bits per heavy atom. The molecule has 2 unspecified atom stereocenters. The van der Waals surface area contributed by atoms with Crippen LogP contribution in [-0.4, -0.2) is 56.1 Å². The number of halogens is 2. The first-order chi connectivity index (χ1) is 14.7. The highest BCUT2D eigenvalue weighted by atomic mass is 19.2. The van der Waals surface area contributed by atoms with Gasteiger partial charge in [0.1, 0.15) is 24.2 Å². The average molecular weight is 436 g/mol. The molecule has 0 aliphatic carbocycles. The maximum Gasteiger partial charge on any atom is 0.159 e. The Labute approximate surface area is 182 Å². The third-order valence-electron chi connectivity index (χ3n) is 5.36. The van der Waals surface area contributed by atoms with Gasteiger partial charge in [0, 0.05) is 25.2 Å². The van der Waals surface area contributed by atoms with Gasteiger partial charge in [0.05, 0.1) is 19.8 Å². The van der Waals surface area contributed by atoms with Gasteiger partial charge in [-0.25, -0.2) is 8.78 Å². The number of aliphatic hydroxyl groups excluding tert-OH is 1. The van der Waals surface area contributed by atoms with Gasteiger partial charge in [0.25, 0.3) is 0 Å². The van der Waals surface area contributed by atoms with E-state index in [0.29, 0.717) is 37.6 Å². The van der Waals surface area contributed by atoms with E-state index in [0.717, 1.165) is 17.4 Å². The molecule has 2 aromatic carbocycles. The summed E-state index contributed by atoms with van der Waals surface area (Å²) in [4.78, 5) is 2.04. The Balaban J connectivity index is 1.58. The fraction of sp³-hybridized carbons (Fsp3) is 0.500. The van der Waals surface area contributed by atoms with Gasteiger partial charge in [-0.15, -0.1) is 0 Å². The van der Waals surface area contributed by atoms with Crippen LogP contribution < -0.4 is 9.47 Å². The average Bonchev–Trinajstić information content (AvgIpc) is 2.73. The zero-order valence-corrected chi connectivity index (χ0v) is 18.5. The van der Waals surface area contributed by atoms with Crippen molar-refractivity contribution in [1.29, 1.82) is 0 Å². The van der Waals surface area contributed by atoms with Crippen molar-refractivity contribution < 1.29 is 28.1 Å². The summed E-state index contributed by atoms with van der Waals surface area (Å²) in [6.45, 7) is 8.40. The minimum absolute atomic E-state index is 0.141. The molecular formula is C24H31F2NO4. The molecule has 3 rings (SSSR count). The Morgan fingerprint density at radius 3 is 2.61 bits per heavy atom. The molecule has 0 amide bonds. The van der Waals surface area contributed by atoms with Gasteiger partial charge in [0.2, 0.25) is 0 Å². The van der Waals surface area contributed by atoms with Crippen molar-refractivity contribution in [2.75, 3.05) is 40.0 Å². The van der Waals surface area contributed by atoms with Crippen LogP contribution >= 0.6 is 0 Å². The first kappa shape index (κ1) is 23.4. The standard InChI is InChI=1S/C24H31F2NO4/c1-24(2,3)19-12-18(29-4)6-8-22(19)31-15-17(28)13-27-9-10-30-23(14-27)16-5-7-20(25)21(26)11-16/h5-8,11-12,17,23,28H,9-10,13-15H2,1-4H3. The van der Waals surface area contributed by atoms with E-state index in [1.165, 1.54) is 12.1 Å². The van der Waals surface area contributed by atoms with E-state index in [9.17, 15) is 13.9 Å². The summed E-state index contributed by atoms with van der Waals surface area (Å²) in [7, 11) is 1.63. The molecular weight excluding hydrogens is 404 g/mol. The first-order valence-corrected chi connectivity index (χ1v) is 10.5. The SMILES string of the molecule is COc1ccc(OCC(O)CN2CCOC(c3ccc(F)c(F)c3)C2)c(C(C)(C)C)c1. The second-order valence-electron chi connectivity index (χ2n) is 8.87. The lowest BCUT2D eigenvalue weighted by atomic mass is 9.86. The zero-order chi connectivity index (χ0) is 22.6. The van der Waals surface area contributed by atoms with E-state index in [-0.39, 0.29) is 18.1 Å². The van der Waals surface area contributed by atoms with Crippen LogP contribution in [0.3, 0.4) is 0 Å². The number of morpholine rings is 1. The van der Waals surface area contributed by atoms with Crippen molar-refractivity contribution in [3.05, 3.63) is 59.2 Å². The number of β-amino-alcohol motifs (C(OH)–C–C–N with tert-alkyl or cyclic N) is 1. The number of hydrogen-bond donors (Lipinski definition) is 1. The van der Waals surface area contributed by atoms with Crippen LogP contribution in [0.2, 0.25) is 0 Å². The lowest BCUT2D eigenvalue weighted by Crippen LogP contribution is -2.43. The number of ether oxygens (including phenoxy) is 3. The number of methoxy groups -OCH3 is 1. The smallest absolute Gasteiger partial charge is 0.159 e. The fourth-order valence-electron chi connectivity index (χ4n) is 3.67. The largest absolute Gasteiger partial charge is 0.497 e. The number of benzene rings is 2. The number of hydrogen-bond acceptors (Lipinski definition) is 5. The van der Waals surface area contributed by atoms with Crippen molar-refractivity contribution in [2.45, 2.75) is 38.4 Å². The van der Waals surface area contributed by atoms with Crippen molar-refractivity contribution in [3.8, 4) is 11.5 Å². The van der Waals surface area contributed by atoms with Crippen LogP contribution in [-0.2, 0) is 10.2 Å². The molecule has 1 heterocycles. The van der Waals surface area contributed by atoms with Crippen LogP contribution in [0.5, 0.6) is 11.5 Å². The van der Waals surface area contributed by atoms with Gasteiger partial charge in [-0.3, -0.25) is 4.90 Å². The van der Waals surface area contributed by atoms with Crippen molar-refractivity contribution in [1.82, 2.24) is 4.90 Å². The Kier molecular flexibility index (Phi) is 7.51. The van der Waals surface area contributed by atoms with Gasteiger partial charge in [-0.05, 0) is 41.3 Å². The molecule has 1 saturated heterocycles. The van der Waals surface area contributed by atoms with E-state index in [1.54, 1.807) is 7.11 Å². The molecule has 5 nitrogen and oxygen atoms in total. The number of aliphatic hydroxyl groups is 1. The molecule has 7 heteroatoms. The highest BCUT2D eigenvalue weighted by molar-refractivity contribution is 5.44. The quantitative estimate of drug-likeness (QED) is 0.710. The summed E-state index contributed by atoms with van der Waals surface area (Å²) in [6.07, 6.45) is -1.08. The van der Waals surface area contributed by atoms with Crippen molar-refractivity contribution in [2.24, 2.45) is 0 Å². The number of rotatable bonds is 7. The second-order valence-corrected chi connectivity index (χ2v) is 8.87. The van der Waals surface area contributed by atoms with Crippen LogP contribution in [0, 0.1) is 11.6 Å². The van der Waals surface area contributed by atoms with Crippen molar-refractivity contribution in [3.63, 3.8) is 0 Å². The van der Waals surface area contributed by atoms with E-state index in [4.69, 9.17) is 14.2 Å². The van der Waals surface area contributed by atoms with Gasteiger partial charge in [-0.1, -0.05) is 26.8 Å². The van der Waals surface area contributed by atoms with E-state index in [1.807, 2.05) is 23.1 Å². The van der Waals surface area contributed by atoms with Crippen LogP contribution in [0.4, 0.5) is 8.78 Å². The number of nitrogens with zero attached hydrogens (tertiary/aromatic N) is 1. The van der Waals surface area contributed by atoms with Crippen LogP contribution in [0.25, 0.3) is 0 Å². The van der Waals surface area contributed by atoms with Crippen LogP contribution in [0.15, 0.2) is 36.4 Å². The predicted molar refractivity (Wildman–Crippen MR) is 115 cm³/mol. The van der Waals surface area contributed by atoms with Crippen LogP contribution in [0.1, 0.15) is 38.0 Å². The lowest BCUT2D eigenvalue weighted by Gasteiger charge is -2.34. The Hall–Kier alpha value is -2.22. The lowest BCUT2D eigenvalue weighted by molar-refractivity contribution is -0.0461. The molecule has 0 bridgehead atoms. The highest BCUT2D eigenvalue weighted by Gasteiger charge is 2.25. The minimum Gasteiger partial charge on any atom is -0.497 e. The molecule has 1 aliphatic heterocycles. The predicted octanol–water partition coefficient (Wildman–Crippen LogP) is 4.08. The normalized spacial score (nSPS) is 18.6. The monoisotopic (exact) mass is 435 g/mol. The van der Waals surface area contributed by atoms with E-state index in [2.05, 4.69) is 20.8 Å². The topological polar surface area (TPSA) is 51.2 Å². The molecule has 31 heavy (non-hydrogen) atoms. The van der Waals surface area contributed by atoms with Gasteiger partial charge in [0.15, 0.2) is 11.6 Å². The van der Waals surface area contributed by atoms with Gasteiger partial charge < -0.3 is 19.3 Å². The third-order valence-corrected chi connectivity index (χ3v) is 5.36. The highest BCUT2D eigenvalue weighted by Crippen LogP contribution is 2.34. The minimum atomic E-state index is -0.888. The summed E-state index contributed by atoms with van der Waals surface area (Å²) in [5, 5.41) is 10.6. The molecule has 170 valence electrons. The van der Waals surface area contributed by atoms with Gasteiger partial charge in [-0.2, -0.15) is 0 Å². The molecule has 1 aliphatic rings. The van der Waals surface area contributed by atoms with Crippen molar-refractivity contribution >= 4 is 0 Å². The molecule has 2 atom stereocenters. The van der Waals surface area contributed by atoms with E-state index >= 15 is 0 Å². The fourth-order valence-corrected chi connectivity index (χ4v) is 3.67. The summed E-state index contributed by atoms with van der Waals surface area (Å²) >= 11 is 0. The molecule has 0 saturated carbocycles. The molecule has 1 fully saturated rings. The maximum atomic E-state index is 13.6. The molecule has 0 spiro atoms. The summed E-state index contributed by atoms with van der Waals surface area (Å²) < 4.78 is 43.8. The first-order valence-electron chi connectivity index (χ1n) is 10.5. The second kappa shape index (κ2) is 9.94. The Bertz CT molecular complexity index is 884. The van der Waals surface area contributed by atoms with E-state index < -0.39 is 17.7 Å². The molecule has 1 N–H and O–H groups in total. The maximum absolute atomic E-state index is 13.6.